The van der Waals surface area contributed by atoms with Crippen molar-refractivity contribution in [2.75, 3.05) is 0 Å². The first-order valence-corrected chi connectivity index (χ1v) is 17.5. The Morgan fingerprint density at radius 2 is 0.444 bits per heavy atom. The molecule has 0 unspecified atom stereocenters. The fourth-order valence-electron chi connectivity index (χ4n) is 5.65. The Morgan fingerprint density at radius 3 is 0.639 bits per heavy atom. The van der Waals surface area contributed by atoms with Crippen LogP contribution in [-0.4, -0.2) is 11.2 Å². The van der Waals surface area contributed by atoms with Crippen LogP contribution in [0.2, 0.25) is 0 Å². The maximum absolute atomic E-state index is 10.3. The van der Waals surface area contributed by atoms with Crippen LogP contribution in [0.3, 0.4) is 0 Å². The van der Waals surface area contributed by atoms with Crippen LogP contribution in [0.25, 0.3) is 0 Å². The molecule has 0 heterocycles. The maximum atomic E-state index is 10.3. The SMILES string of the molecule is CCCCCCCCCCCCCCCCCC(O)CCCCCCCCCCCCCCCCC. The van der Waals surface area contributed by atoms with Crippen molar-refractivity contribution < 1.29 is 5.11 Å². The largest absolute Gasteiger partial charge is 0.393 e. The summed E-state index contributed by atoms with van der Waals surface area (Å²) in [4.78, 5) is 0. The lowest BCUT2D eigenvalue weighted by Gasteiger charge is -2.10. The zero-order chi connectivity index (χ0) is 26.2. The Kier molecular flexibility index (Phi) is 33.0. The highest BCUT2D eigenvalue weighted by Crippen LogP contribution is 2.17. The van der Waals surface area contributed by atoms with E-state index < -0.39 is 0 Å². The van der Waals surface area contributed by atoms with Crippen LogP contribution in [0.1, 0.15) is 219 Å². The van der Waals surface area contributed by atoms with E-state index in [1.54, 1.807) is 0 Å². The molecule has 0 aromatic rings. The van der Waals surface area contributed by atoms with E-state index in [4.69, 9.17) is 0 Å². The number of unbranched alkanes of at least 4 members (excludes halogenated alkanes) is 28. The van der Waals surface area contributed by atoms with Gasteiger partial charge in [-0.3, -0.25) is 0 Å². The van der Waals surface area contributed by atoms with E-state index in [0.717, 1.165) is 12.8 Å². The Hall–Kier alpha value is -0.0400. The Balaban J connectivity index is 3.13. The average Bonchev–Trinajstić information content (AvgIpc) is 2.88. The van der Waals surface area contributed by atoms with E-state index >= 15 is 0 Å². The Bertz CT molecular complexity index is 332. The summed E-state index contributed by atoms with van der Waals surface area (Å²) in [5, 5.41) is 10.3. The van der Waals surface area contributed by atoms with E-state index in [1.165, 1.54) is 193 Å². The van der Waals surface area contributed by atoms with Gasteiger partial charge in [-0.1, -0.05) is 206 Å². The minimum absolute atomic E-state index is 0.0334. The van der Waals surface area contributed by atoms with Crippen LogP contribution < -0.4 is 0 Å². The average molecular weight is 509 g/mol. The van der Waals surface area contributed by atoms with Crippen molar-refractivity contribution in [3.05, 3.63) is 0 Å². The summed E-state index contributed by atoms with van der Waals surface area (Å²) in [6.07, 6.45) is 44.5. The van der Waals surface area contributed by atoms with Crippen molar-refractivity contribution in [2.45, 2.75) is 225 Å². The van der Waals surface area contributed by atoms with Crippen molar-refractivity contribution in [3.8, 4) is 0 Å². The molecule has 0 rings (SSSR count). The molecule has 1 nitrogen and oxygen atoms in total. The molecule has 0 fully saturated rings. The molecule has 218 valence electrons. The summed E-state index contributed by atoms with van der Waals surface area (Å²) in [6.45, 7) is 4.59. The molecule has 0 saturated carbocycles. The van der Waals surface area contributed by atoms with Gasteiger partial charge in [0.05, 0.1) is 6.10 Å². The predicted molar refractivity (Wildman–Crippen MR) is 165 cm³/mol. The summed E-state index contributed by atoms with van der Waals surface area (Å²) < 4.78 is 0. The molecule has 36 heavy (non-hydrogen) atoms. The third-order valence-corrected chi connectivity index (χ3v) is 8.28. The van der Waals surface area contributed by atoms with Gasteiger partial charge in [0.2, 0.25) is 0 Å². The highest BCUT2D eigenvalue weighted by atomic mass is 16.3. The number of rotatable bonds is 32. The molecule has 1 heteroatoms. The monoisotopic (exact) mass is 509 g/mol. The van der Waals surface area contributed by atoms with E-state index in [-0.39, 0.29) is 6.10 Å². The predicted octanol–water partition coefficient (Wildman–Crippen LogP) is 12.9. The third kappa shape index (κ3) is 32.0. The lowest BCUT2D eigenvalue weighted by atomic mass is 10.0. The molecule has 1 N–H and O–H groups in total. The highest BCUT2D eigenvalue weighted by molar-refractivity contribution is 4.58. The van der Waals surface area contributed by atoms with E-state index in [2.05, 4.69) is 13.8 Å². The molecule has 0 spiro atoms. The van der Waals surface area contributed by atoms with Crippen molar-refractivity contribution in [1.29, 1.82) is 0 Å². The van der Waals surface area contributed by atoms with Crippen LogP contribution in [-0.2, 0) is 0 Å². The zero-order valence-corrected chi connectivity index (χ0v) is 25.7. The van der Waals surface area contributed by atoms with E-state index in [0.29, 0.717) is 0 Å². The summed E-state index contributed by atoms with van der Waals surface area (Å²) in [6, 6.07) is 0. The molecular formula is C35H72O. The second-order valence-corrected chi connectivity index (χ2v) is 12.1. The van der Waals surface area contributed by atoms with Crippen molar-refractivity contribution in [1.82, 2.24) is 0 Å². The molecular weight excluding hydrogens is 436 g/mol. The summed E-state index contributed by atoms with van der Waals surface area (Å²) in [5.74, 6) is 0. The fourth-order valence-corrected chi connectivity index (χ4v) is 5.65. The van der Waals surface area contributed by atoms with Gasteiger partial charge in [-0.05, 0) is 12.8 Å². The molecule has 0 saturated heterocycles. The molecule has 0 amide bonds. The van der Waals surface area contributed by atoms with Crippen molar-refractivity contribution >= 4 is 0 Å². The minimum Gasteiger partial charge on any atom is -0.393 e. The van der Waals surface area contributed by atoms with Gasteiger partial charge in [-0.25, -0.2) is 0 Å². The Labute approximate surface area is 230 Å². The normalized spacial score (nSPS) is 11.7. The van der Waals surface area contributed by atoms with Crippen molar-refractivity contribution in [2.24, 2.45) is 0 Å². The molecule has 0 aromatic carbocycles. The molecule has 0 aliphatic heterocycles. The number of hydrogen-bond acceptors (Lipinski definition) is 1. The van der Waals surface area contributed by atoms with Crippen LogP contribution >= 0.6 is 0 Å². The van der Waals surface area contributed by atoms with Gasteiger partial charge in [0, 0.05) is 0 Å². The first kappa shape index (κ1) is 36.0. The Morgan fingerprint density at radius 1 is 0.278 bits per heavy atom. The molecule has 0 bridgehead atoms. The maximum Gasteiger partial charge on any atom is 0.0540 e. The topological polar surface area (TPSA) is 20.2 Å². The van der Waals surface area contributed by atoms with Gasteiger partial charge in [0.1, 0.15) is 0 Å². The molecule has 0 atom stereocenters. The number of aliphatic hydroxyl groups is 1. The summed E-state index contributed by atoms with van der Waals surface area (Å²) in [5.41, 5.74) is 0. The van der Waals surface area contributed by atoms with E-state index in [9.17, 15) is 5.11 Å². The van der Waals surface area contributed by atoms with E-state index in [1.807, 2.05) is 0 Å². The van der Waals surface area contributed by atoms with Gasteiger partial charge >= 0.3 is 0 Å². The molecule has 0 aliphatic carbocycles. The van der Waals surface area contributed by atoms with Crippen LogP contribution in [0, 0.1) is 0 Å². The number of aliphatic hydroxyl groups excluding tert-OH is 1. The summed E-state index contributed by atoms with van der Waals surface area (Å²) in [7, 11) is 0. The van der Waals surface area contributed by atoms with Crippen LogP contribution in [0.4, 0.5) is 0 Å². The first-order valence-electron chi connectivity index (χ1n) is 17.5. The quantitative estimate of drug-likeness (QED) is 0.0895. The standard InChI is InChI=1S/C35H72O/c1-3-5-7-9-11-13-15-17-19-21-23-25-27-29-31-33-35(36)34-32-30-28-26-24-22-20-18-16-14-12-10-8-6-4-2/h35-36H,3-34H2,1-2H3. The number of hydrogen-bond donors (Lipinski definition) is 1. The van der Waals surface area contributed by atoms with Gasteiger partial charge in [-0.15, -0.1) is 0 Å². The van der Waals surface area contributed by atoms with Crippen LogP contribution in [0.15, 0.2) is 0 Å². The molecule has 0 aliphatic rings. The second kappa shape index (κ2) is 33.0. The smallest absolute Gasteiger partial charge is 0.0540 e. The molecule has 0 aromatic heterocycles. The fraction of sp³-hybridized carbons (Fsp3) is 1.00. The van der Waals surface area contributed by atoms with Gasteiger partial charge in [-0.2, -0.15) is 0 Å². The minimum atomic E-state index is -0.0334. The molecule has 0 radical (unpaired) electrons. The van der Waals surface area contributed by atoms with Crippen molar-refractivity contribution in [3.63, 3.8) is 0 Å². The van der Waals surface area contributed by atoms with Gasteiger partial charge in [0.25, 0.3) is 0 Å². The van der Waals surface area contributed by atoms with Crippen LogP contribution in [0.5, 0.6) is 0 Å². The second-order valence-electron chi connectivity index (χ2n) is 12.1. The lowest BCUT2D eigenvalue weighted by molar-refractivity contribution is 0.147. The zero-order valence-electron chi connectivity index (χ0n) is 25.7. The van der Waals surface area contributed by atoms with Gasteiger partial charge < -0.3 is 5.11 Å². The third-order valence-electron chi connectivity index (χ3n) is 8.28. The lowest BCUT2D eigenvalue weighted by Crippen LogP contribution is -2.05. The van der Waals surface area contributed by atoms with Gasteiger partial charge in [0.15, 0.2) is 0 Å². The first-order chi connectivity index (χ1) is 17.8. The summed E-state index contributed by atoms with van der Waals surface area (Å²) >= 11 is 0. The highest BCUT2D eigenvalue weighted by Gasteiger charge is 2.04.